The molecular weight excluding hydrogens is 567 g/mol. The molecule has 0 bridgehead atoms. The Hall–Kier alpha value is -2.13. The van der Waals surface area contributed by atoms with Gasteiger partial charge in [-0.3, -0.25) is 0 Å². The molecule has 0 atom stereocenters. The fourth-order valence-corrected chi connectivity index (χ4v) is 4.30. The molecule has 0 saturated carbocycles. The van der Waals surface area contributed by atoms with E-state index in [0.717, 1.165) is 27.2 Å². The first kappa shape index (κ1) is 29.9. The quantitative estimate of drug-likeness (QED) is 0.172. The second kappa shape index (κ2) is 13.1. The molecule has 6 nitrogen and oxygen atoms in total. The van der Waals surface area contributed by atoms with Crippen LogP contribution in [0.1, 0.15) is 36.1 Å². The van der Waals surface area contributed by atoms with Crippen molar-refractivity contribution in [1.29, 1.82) is 0 Å². The largest absolute Gasteiger partial charge is 0.466 e. The summed E-state index contributed by atoms with van der Waals surface area (Å²) in [6.45, 7) is 5.57. The highest BCUT2D eigenvalue weighted by molar-refractivity contribution is 9.10. The summed E-state index contributed by atoms with van der Waals surface area (Å²) in [7, 11) is 4.05. The zero-order valence-corrected chi connectivity index (χ0v) is 23.2. The molecule has 0 aliphatic rings. The summed E-state index contributed by atoms with van der Waals surface area (Å²) in [5.41, 5.74) is 2.96. The summed E-state index contributed by atoms with van der Waals surface area (Å²) in [5, 5.41) is 0. The molecule has 0 radical (unpaired) electrons. The molecule has 0 heterocycles. The van der Waals surface area contributed by atoms with Gasteiger partial charge in [-0.15, -0.1) is 11.6 Å². The Morgan fingerprint density at radius 2 is 1.44 bits per heavy atom. The molecule has 0 fully saturated rings. The topological polar surface area (TPSA) is 86.7 Å². The fraction of sp³-hybridized carbons (Fsp3) is 0.250. The van der Waals surface area contributed by atoms with Gasteiger partial charge in [-0.2, -0.15) is 0 Å². The Bertz CT molecular complexity index is 1200. The average molecular weight is 592 g/mol. The molecule has 2 aromatic rings. The highest BCUT2D eigenvalue weighted by Crippen LogP contribution is 2.33. The summed E-state index contributed by atoms with van der Waals surface area (Å²) in [5.74, 6) is -0.949. The lowest BCUT2D eigenvalue weighted by Gasteiger charge is -2.19. The number of benzene rings is 2. The van der Waals surface area contributed by atoms with Crippen molar-refractivity contribution in [3.05, 3.63) is 75.3 Å². The SMILES string of the molecule is COC(=O)/C=C/c1ccc(Br)cc1C(C)(C)Cl.COC(=O)/C=C/c1ccc(C)cc1S(=O)(=O)Cl. The summed E-state index contributed by atoms with van der Waals surface area (Å²) in [6.07, 6.45) is 5.57. The molecule has 0 N–H and O–H groups in total. The highest BCUT2D eigenvalue weighted by Gasteiger charge is 2.20. The lowest BCUT2D eigenvalue weighted by Crippen LogP contribution is -2.09. The number of aryl methyl sites for hydroxylation is 1. The lowest BCUT2D eigenvalue weighted by atomic mass is 9.96. The Morgan fingerprint density at radius 1 is 0.941 bits per heavy atom. The maximum Gasteiger partial charge on any atom is 0.330 e. The number of methoxy groups -OCH3 is 2. The summed E-state index contributed by atoms with van der Waals surface area (Å²) in [4.78, 5) is 21.5. The number of esters is 2. The van der Waals surface area contributed by atoms with Crippen molar-refractivity contribution in [2.75, 3.05) is 14.2 Å². The van der Waals surface area contributed by atoms with Crippen LogP contribution < -0.4 is 0 Å². The highest BCUT2D eigenvalue weighted by atomic mass is 79.9. The van der Waals surface area contributed by atoms with Crippen LogP contribution in [0.25, 0.3) is 12.2 Å². The van der Waals surface area contributed by atoms with Gasteiger partial charge in [0.15, 0.2) is 0 Å². The van der Waals surface area contributed by atoms with Crippen LogP contribution in [0.5, 0.6) is 0 Å². The summed E-state index contributed by atoms with van der Waals surface area (Å²) >= 11 is 9.72. The van der Waals surface area contributed by atoms with E-state index in [1.807, 2.05) is 32.0 Å². The number of hydrogen-bond donors (Lipinski definition) is 0. The minimum absolute atomic E-state index is 0.0284. The second-order valence-electron chi connectivity index (χ2n) is 7.40. The van der Waals surface area contributed by atoms with Gasteiger partial charge in [-0.25, -0.2) is 18.0 Å². The number of ether oxygens (including phenoxy) is 2. The van der Waals surface area contributed by atoms with E-state index in [1.54, 1.807) is 25.1 Å². The van der Waals surface area contributed by atoms with E-state index >= 15 is 0 Å². The minimum atomic E-state index is -3.84. The zero-order chi connectivity index (χ0) is 26.1. The molecular formula is C24H25BrCl2O6S. The van der Waals surface area contributed by atoms with Crippen molar-refractivity contribution in [2.24, 2.45) is 0 Å². The van der Waals surface area contributed by atoms with Gasteiger partial charge in [0.25, 0.3) is 9.05 Å². The summed E-state index contributed by atoms with van der Waals surface area (Å²) < 4.78 is 32.6. The molecule has 2 aromatic carbocycles. The van der Waals surface area contributed by atoms with E-state index < -0.39 is 19.9 Å². The number of halogens is 3. The molecule has 34 heavy (non-hydrogen) atoms. The van der Waals surface area contributed by atoms with Crippen LogP contribution in [0, 0.1) is 6.92 Å². The number of carbonyl (C=O) groups excluding carboxylic acids is 2. The van der Waals surface area contributed by atoms with Crippen molar-refractivity contribution in [3.63, 3.8) is 0 Å². The van der Waals surface area contributed by atoms with Crippen molar-refractivity contribution < 1.29 is 27.5 Å². The third-order valence-corrected chi connectivity index (χ3v) is 6.36. The van der Waals surface area contributed by atoms with Gasteiger partial charge in [0.05, 0.1) is 24.0 Å². The van der Waals surface area contributed by atoms with Crippen LogP contribution in [0.4, 0.5) is 0 Å². The van der Waals surface area contributed by atoms with Crippen LogP contribution >= 0.6 is 38.2 Å². The molecule has 0 saturated heterocycles. The molecule has 0 unspecified atom stereocenters. The molecule has 184 valence electrons. The molecule has 0 aliphatic heterocycles. The van der Waals surface area contributed by atoms with E-state index in [9.17, 15) is 18.0 Å². The Labute approximate surface area is 218 Å². The molecule has 0 spiro atoms. The van der Waals surface area contributed by atoms with Crippen molar-refractivity contribution in [1.82, 2.24) is 0 Å². The fourth-order valence-electron chi connectivity index (χ4n) is 2.63. The second-order valence-corrected chi connectivity index (χ2v) is 11.8. The number of hydrogen-bond acceptors (Lipinski definition) is 6. The van der Waals surface area contributed by atoms with Gasteiger partial charge in [0.1, 0.15) is 0 Å². The standard InChI is InChI=1S/C13H14BrClO2.C11H11ClO4S/c1-13(2,15)11-8-10(14)6-4-9(11)5-7-12(16)17-3;1-8-3-4-9(5-6-11(13)16-2)10(7-8)17(12,14)15/h4-8H,1-3H3;3-7H,1-2H3/b7-5+;6-5+. The molecule has 10 heteroatoms. The van der Waals surface area contributed by atoms with Gasteiger partial charge >= 0.3 is 11.9 Å². The van der Waals surface area contributed by atoms with Crippen LogP contribution in [0.3, 0.4) is 0 Å². The van der Waals surface area contributed by atoms with E-state index in [-0.39, 0.29) is 10.9 Å². The molecule has 2 rings (SSSR count). The van der Waals surface area contributed by atoms with E-state index in [4.69, 9.17) is 22.3 Å². The summed E-state index contributed by atoms with van der Waals surface area (Å²) in [6, 6.07) is 10.5. The van der Waals surface area contributed by atoms with Gasteiger partial charge in [0.2, 0.25) is 0 Å². The molecule has 0 aromatic heterocycles. The predicted octanol–water partition coefficient (Wildman–Crippen LogP) is 6.22. The predicted molar refractivity (Wildman–Crippen MR) is 139 cm³/mol. The normalized spacial score (nSPS) is 11.8. The van der Waals surface area contributed by atoms with Crippen LogP contribution in [-0.2, 0) is 33.0 Å². The molecule has 0 aliphatic carbocycles. The van der Waals surface area contributed by atoms with E-state index in [2.05, 4.69) is 25.4 Å². The van der Waals surface area contributed by atoms with Crippen molar-refractivity contribution in [3.8, 4) is 0 Å². The number of carbonyl (C=O) groups is 2. The van der Waals surface area contributed by atoms with Crippen molar-refractivity contribution >= 4 is 71.4 Å². The maximum atomic E-state index is 11.3. The Kier molecular flexibility index (Phi) is 11.5. The van der Waals surface area contributed by atoms with Gasteiger partial charge in [0, 0.05) is 27.3 Å². The number of rotatable bonds is 6. The Morgan fingerprint density at radius 3 is 1.91 bits per heavy atom. The van der Waals surface area contributed by atoms with Gasteiger partial charge in [-0.1, -0.05) is 34.1 Å². The first-order valence-electron chi connectivity index (χ1n) is 9.75. The van der Waals surface area contributed by atoms with Gasteiger partial charge < -0.3 is 9.47 Å². The average Bonchev–Trinajstić information content (AvgIpc) is 2.76. The smallest absolute Gasteiger partial charge is 0.330 e. The van der Waals surface area contributed by atoms with E-state index in [0.29, 0.717) is 5.56 Å². The monoisotopic (exact) mass is 590 g/mol. The van der Waals surface area contributed by atoms with Crippen molar-refractivity contribution in [2.45, 2.75) is 30.5 Å². The maximum absolute atomic E-state index is 11.3. The van der Waals surface area contributed by atoms with Crippen LogP contribution in [0.15, 0.2) is 57.9 Å². The van der Waals surface area contributed by atoms with E-state index in [1.165, 1.54) is 32.4 Å². The van der Waals surface area contributed by atoms with Crippen LogP contribution in [0.2, 0.25) is 0 Å². The first-order valence-corrected chi connectivity index (χ1v) is 13.2. The van der Waals surface area contributed by atoms with Crippen LogP contribution in [-0.4, -0.2) is 34.6 Å². The molecule has 0 amide bonds. The first-order chi connectivity index (χ1) is 15.7. The van der Waals surface area contributed by atoms with Gasteiger partial charge in [-0.05, 0) is 73.4 Å². The third-order valence-electron chi connectivity index (χ3n) is 4.29. The minimum Gasteiger partial charge on any atom is -0.466 e. The zero-order valence-electron chi connectivity index (χ0n) is 19.3. The lowest BCUT2D eigenvalue weighted by molar-refractivity contribution is -0.135. The Balaban J connectivity index is 0.000000340. The number of alkyl halides is 1. The third kappa shape index (κ3) is 10.0.